The molecule has 0 nitrogen and oxygen atoms in total. The Morgan fingerprint density at radius 2 is 1.64 bits per heavy atom. The van der Waals surface area contributed by atoms with Gasteiger partial charge in [-0.15, -0.1) is 0 Å². The second kappa shape index (κ2) is 6.45. The number of rotatable bonds is 5. The summed E-state index contributed by atoms with van der Waals surface area (Å²) in [6.07, 6.45) is 8.43. The highest BCUT2D eigenvalue weighted by Crippen LogP contribution is 2.20. The third-order valence-electron chi connectivity index (χ3n) is 2.47. The van der Waals surface area contributed by atoms with Gasteiger partial charge in [-0.3, -0.25) is 0 Å². The van der Waals surface area contributed by atoms with Crippen molar-refractivity contribution in [3.05, 3.63) is 12.2 Å². The molecule has 0 saturated heterocycles. The standard InChI is InChI=1S/C11H22/c1-5-8-9-10(4)11(6-2)7-3/h8-11H,5-7H2,1-4H3/b9-8+/t10-/m1/s1. The smallest absolute Gasteiger partial charge is 0.0234 e. The third-order valence-corrected chi connectivity index (χ3v) is 2.47. The quantitative estimate of drug-likeness (QED) is 0.524. The van der Waals surface area contributed by atoms with Gasteiger partial charge in [0.2, 0.25) is 0 Å². The van der Waals surface area contributed by atoms with Gasteiger partial charge in [0, 0.05) is 0 Å². The van der Waals surface area contributed by atoms with Crippen molar-refractivity contribution in [2.24, 2.45) is 11.8 Å². The Morgan fingerprint density at radius 1 is 1.09 bits per heavy atom. The molecule has 66 valence electrons. The van der Waals surface area contributed by atoms with Gasteiger partial charge in [-0.05, 0) is 18.3 Å². The number of hydrogen-bond donors (Lipinski definition) is 0. The fourth-order valence-electron chi connectivity index (χ4n) is 1.54. The van der Waals surface area contributed by atoms with Crippen LogP contribution in [0.1, 0.15) is 47.0 Å². The van der Waals surface area contributed by atoms with Gasteiger partial charge in [0.1, 0.15) is 0 Å². The molecule has 0 unspecified atom stereocenters. The van der Waals surface area contributed by atoms with Crippen molar-refractivity contribution in [3.63, 3.8) is 0 Å². The Bertz CT molecular complexity index is 98.6. The molecule has 0 saturated carbocycles. The summed E-state index contributed by atoms with van der Waals surface area (Å²) in [5.74, 6) is 1.66. The Labute approximate surface area is 71.7 Å². The van der Waals surface area contributed by atoms with E-state index in [2.05, 4.69) is 39.8 Å². The average Bonchev–Trinajstić information content (AvgIpc) is 2.03. The minimum Gasteiger partial charge on any atom is -0.0885 e. The van der Waals surface area contributed by atoms with E-state index in [-0.39, 0.29) is 0 Å². The van der Waals surface area contributed by atoms with Crippen molar-refractivity contribution < 1.29 is 0 Å². The molecule has 0 aromatic rings. The normalized spacial score (nSPS) is 14.6. The summed E-state index contributed by atoms with van der Waals surface area (Å²) in [5, 5.41) is 0. The minimum atomic E-state index is 0.768. The first-order valence-corrected chi connectivity index (χ1v) is 4.92. The first kappa shape index (κ1) is 10.7. The van der Waals surface area contributed by atoms with E-state index >= 15 is 0 Å². The van der Waals surface area contributed by atoms with Gasteiger partial charge in [0.15, 0.2) is 0 Å². The van der Waals surface area contributed by atoms with Gasteiger partial charge >= 0.3 is 0 Å². The second-order valence-electron chi connectivity index (χ2n) is 3.27. The molecule has 0 heteroatoms. The summed E-state index contributed by atoms with van der Waals surface area (Å²) in [5.41, 5.74) is 0. The summed E-state index contributed by atoms with van der Waals surface area (Å²) in [6, 6.07) is 0. The van der Waals surface area contributed by atoms with Crippen LogP contribution in [-0.2, 0) is 0 Å². The molecule has 1 atom stereocenters. The lowest BCUT2D eigenvalue weighted by Gasteiger charge is -2.17. The molecule has 11 heavy (non-hydrogen) atoms. The van der Waals surface area contributed by atoms with E-state index in [9.17, 15) is 0 Å². The molecule has 0 rings (SSSR count). The fourth-order valence-corrected chi connectivity index (χ4v) is 1.54. The van der Waals surface area contributed by atoms with Crippen LogP contribution in [0.4, 0.5) is 0 Å². The zero-order valence-corrected chi connectivity index (χ0v) is 8.43. The van der Waals surface area contributed by atoms with Gasteiger partial charge in [-0.2, -0.15) is 0 Å². The van der Waals surface area contributed by atoms with Crippen LogP contribution in [0.25, 0.3) is 0 Å². The van der Waals surface area contributed by atoms with E-state index < -0.39 is 0 Å². The Hall–Kier alpha value is -0.260. The summed E-state index contributed by atoms with van der Waals surface area (Å²) < 4.78 is 0. The SMILES string of the molecule is CC/C=C/[C@@H](C)C(CC)CC. The molecule has 0 aromatic heterocycles. The van der Waals surface area contributed by atoms with Crippen molar-refractivity contribution in [3.8, 4) is 0 Å². The molecule has 0 spiro atoms. The van der Waals surface area contributed by atoms with Crippen LogP contribution in [0.3, 0.4) is 0 Å². The van der Waals surface area contributed by atoms with Gasteiger partial charge in [0.05, 0.1) is 0 Å². The first-order chi connectivity index (χ1) is 5.26. The van der Waals surface area contributed by atoms with E-state index in [1.165, 1.54) is 19.3 Å². The third kappa shape index (κ3) is 4.23. The van der Waals surface area contributed by atoms with E-state index in [0.717, 1.165) is 11.8 Å². The van der Waals surface area contributed by atoms with E-state index in [1.54, 1.807) is 0 Å². The molecule has 0 radical (unpaired) electrons. The maximum Gasteiger partial charge on any atom is -0.0234 e. The van der Waals surface area contributed by atoms with Gasteiger partial charge in [-0.1, -0.05) is 52.7 Å². The van der Waals surface area contributed by atoms with Crippen LogP contribution in [0.15, 0.2) is 12.2 Å². The highest BCUT2D eigenvalue weighted by Gasteiger charge is 2.08. The topological polar surface area (TPSA) is 0 Å². The van der Waals surface area contributed by atoms with Crippen LogP contribution in [0.2, 0.25) is 0 Å². The first-order valence-electron chi connectivity index (χ1n) is 4.92. The van der Waals surface area contributed by atoms with Crippen LogP contribution < -0.4 is 0 Å². The molecular formula is C11H22. The lowest BCUT2D eigenvalue weighted by molar-refractivity contribution is 0.394. The van der Waals surface area contributed by atoms with Crippen molar-refractivity contribution >= 4 is 0 Å². The minimum absolute atomic E-state index is 0.768. The largest absolute Gasteiger partial charge is 0.0885 e. The Kier molecular flexibility index (Phi) is 6.30. The van der Waals surface area contributed by atoms with Crippen molar-refractivity contribution in [2.75, 3.05) is 0 Å². The fraction of sp³-hybridized carbons (Fsp3) is 0.818. The molecule has 0 aliphatic rings. The maximum atomic E-state index is 2.36. The van der Waals surface area contributed by atoms with Crippen molar-refractivity contribution in [2.45, 2.75) is 47.0 Å². The van der Waals surface area contributed by atoms with Gasteiger partial charge in [0.25, 0.3) is 0 Å². The van der Waals surface area contributed by atoms with E-state index in [4.69, 9.17) is 0 Å². The average molecular weight is 154 g/mol. The summed E-state index contributed by atoms with van der Waals surface area (Å²) in [4.78, 5) is 0. The number of allylic oxidation sites excluding steroid dienone is 2. The lowest BCUT2D eigenvalue weighted by Crippen LogP contribution is -2.06. The van der Waals surface area contributed by atoms with E-state index in [0.29, 0.717) is 0 Å². The molecule has 0 aromatic carbocycles. The zero-order chi connectivity index (χ0) is 8.69. The van der Waals surface area contributed by atoms with Crippen molar-refractivity contribution in [1.29, 1.82) is 0 Å². The highest BCUT2D eigenvalue weighted by atomic mass is 14.1. The van der Waals surface area contributed by atoms with Crippen LogP contribution in [0, 0.1) is 11.8 Å². The summed E-state index contributed by atoms with van der Waals surface area (Å²) >= 11 is 0. The molecule has 0 amide bonds. The summed E-state index contributed by atoms with van der Waals surface area (Å²) in [7, 11) is 0. The van der Waals surface area contributed by atoms with Crippen LogP contribution in [-0.4, -0.2) is 0 Å². The molecule has 0 aliphatic heterocycles. The van der Waals surface area contributed by atoms with Crippen LogP contribution in [0.5, 0.6) is 0 Å². The zero-order valence-electron chi connectivity index (χ0n) is 8.43. The van der Waals surface area contributed by atoms with Crippen LogP contribution >= 0.6 is 0 Å². The van der Waals surface area contributed by atoms with Gasteiger partial charge in [-0.25, -0.2) is 0 Å². The summed E-state index contributed by atoms with van der Waals surface area (Å²) in [6.45, 7) is 9.08. The molecular weight excluding hydrogens is 132 g/mol. The maximum absolute atomic E-state index is 2.36. The molecule has 0 bridgehead atoms. The predicted octanol–water partition coefficient (Wildman–Crippen LogP) is 4.02. The van der Waals surface area contributed by atoms with E-state index in [1.807, 2.05) is 0 Å². The highest BCUT2D eigenvalue weighted by molar-refractivity contribution is 4.88. The number of hydrogen-bond acceptors (Lipinski definition) is 0. The van der Waals surface area contributed by atoms with Gasteiger partial charge < -0.3 is 0 Å². The Balaban J connectivity index is 3.77. The molecule has 0 heterocycles. The monoisotopic (exact) mass is 154 g/mol. The molecule has 0 fully saturated rings. The predicted molar refractivity (Wildman–Crippen MR) is 52.7 cm³/mol. The Morgan fingerprint density at radius 3 is 2.00 bits per heavy atom. The molecule has 0 aliphatic carbocycles. The second-order valence-corrected chi connectivity index (χ2v) is 3.27. The lowest BCUT2D eigenvalue weighted by atomic mass is 9.89. The molecule has 0 N–H and O–H groups in total. The van der Waals surface area contributed by atoms with Crippen molar-refractivity contribution in [1.82, 2.24) is 0 Å².